The number of nitrogens with one attached hydrogen (secondary N) is 1. The standard InChI is InChI=1S/C28H25ClF3N7O3/c1-2-9-38-10-3-4-16(12-38)39-26-21(25(33)34-13-35-26)22(37-39)17-6-8-20(24-23(17)41-14-42-24)36-27(40)15-5-7-18(19(29)11-15)28(30,31)32/h2,5-9,11,13,16H,3-4,10,12,14H2,1H3,(H,36,40)(H2,33,34,35)/t16-/m1/s1. The lowest BCUT2D eigenvalue weighted by Crippen LogP contribution is -2.33. The lowest BCUT2D eigenvalue weighted by Gasteiger charge is -2.32. The Hall–Kier alpha value is -4.52. The van der Waals surface area contributed by atoms with Gasteiger partial charge in [0.25, 0.3) is 5.91 Å². The number of nitrogens with two attached hydrogens (primary N) is 1. The fraction of sp³-hybridized carbons (Fsp3) is 0.286. The Labute approximate surface area is 242 Å². The Morgan fingerprint density at radius 3 is 2.76 bits per heavy atom. The quantitative estimate of drug-likeness (QED) is 0.291. The van der Waals surface area contributed by atoms with E-state index in [-0.39, 0.29) is 35.7 Å². The second-order valence-corrected chi connectivity index (χ2v) is 10.3. The molecule has 2 aromatic heterocycles. The zero-order chi connectivity index (χ0) is 29.6. The van der Waals surface area contributed by atoms with Crippen molar-refractivity contribution in [1.82, 2.24) is 24.6 Å². The van der Waals surface area contributed by atoms with Crippen LogP contribution in [0.2, 0.25) is 5.02 Å². The Balaban J connectivity index is 1.36. The smallest absolute Gasteiger partial charge is 0.417 e. The maximum atomic E-state index is 13.1. The first kappa shape index (κ1) is 27.6. The molecule has 2 aliphatic rings. The van der Waals surface area contributed by atoms with Crippen LogP contribution in [-0.4, -0.2) is 50.4 Å². The van der Waals surface area contributed by atoms with Crippen LogP contribution in [0, 0.1) is 0 Å². The van der Waals surface area contributed by atoms with Gasteiger partial charge in [0, 0.05) is 24.2 Å². The minimum Gasteiger partial charge on any atom is -0.453 e. The molecule has 14 heteroatoms. The molecule has 42 heavy (non-hydrogen) atoms. The number of hydrogen-bond donors (Lipinski definition) is 2. The summed E-state index contributed by atoms with van der Waals surface area (Å²) in [7, 11) is 0. The monoisotopic (exact) mass is 599 g/mol. The highest BCUT2D eigenvalue weighted by molar-refractivity contribution is 6.32. The minimum atomic E-state index is -4.64. The molecule has 6 rings (SSSR count). The van der Waals surface area contributed by atoms with Crippen molar-refractivity contribution in [1.29, 1.82) is 0 Å². The number of benzene rings is 2. The summed E-state index contributed by atoms with van der Waals surface area (Å²) in [5, 5.41) is 7.61. The summed E-state index contributed by atoms with van der Waals surface area (Å²) in [6.45, 7) is 3.56. The number of amides is 1. The molecule has 1 atom stereocenters. The van der Waals surface area contributed by atoms with Gasteiger partial charge in [-0.1, -0.05) is 17.7 Å². The number of rotatable bonds is 5. The summed E-state index contributed by atoms with van der Waals surface area (Å²) in [6, 6.07) is 6.14. The van der Waals surface area contributed by atoms with Crippen LogP contribution in [0.15, 0.2) is 48.9 Å². The molecule has 218 valence electrons. The Bertz CT molecular complexity index is 1720. The number of hydrogen-bond acceptors (Lipinski definition) is 8. The molecule has 0 bridgehead atoms. The predicted octanol–water partition coefficient (Wildman–Crippen LogP) is 5.90. The van der Waals surface area contributed by atoms with Crippen LogP contribution < -0.4 is 20.5 Å². The number of piperidine rings is 1. The summed E-state index contributed by atoms with van der Waals surface area (Å²) < 4.78 is 52.7. The van der Waals surface area contributed by atoms with Gasteiger partial charge >= 0.3 is 6.18 Å². The zero-order valence-electron chi connectivity index (χ0n) is 22.3. The molecular weight excluding hydrogens is 575 g/mol. The summed E-state index contributed by atoms with van der Waals surface area (Å²) in [6.07, 6.45) is 2.72. The van der Waals surface area contributed by atoms with E-state index in [9.17, 15) is 18.0 Å². The number of nitrogens with zero attached hydrogens (tertiary/aromatic N) is 5. The molecule has 4 heterocycles. The zero-order valence-corrected chi connectivity index (χ0v) is 23.0. The first-order valence-electron chi connectivity index (χ1n) is 13.1. The van der Waals surface area contributed by atoms with Crippen molar-refractivity contribution in [3.63, 3.8) is 0 Å². The number of likely N-dealkylation sites (tertiary alicyclic amines) is 1. The molecule has 1 saturated heterocycles. The van der Waals surface area contributed by atoms with Gasteiger partial charge in [0.05, 0.1) is 27.7 Å². The molecular formula is C28H25ClF3N7O3. The Kier molecular flexibility index (Phi) is 7.05. The van der Waals surface area contributed by atoms with Crippen LogP contribution in [0.25, 0.3) is 22.3 Å². The van der Waals surface area contributed by atoms with Crippen molar-refractivity contribution in [2.45, 2.75) is 32.0 Å². The van der Waals surface area contributed by atoms with E-state index in [1.54, 1.807) is 12.1 Å². The Morgan fingerprint density at radius 2 is 2.00 bits per heavy atom. The summed E-state index contributed by atoms with van der Waals surface area (Å²) in [4.78, 5) is 23.9. The summed E-state index contributed by atoms with van der Waals surface area (Å²) >= 11 is 5.81. The number of allylic oxidation sites excluding steroid dienone is 1. The molecule has 0 aliphatic carbocycles. The van der Waals surface area contributed by atoms with Crippen molar-refractivity contribution in [2.24, 2.45) is 0 Å². The van der Waals surface area contributed by atoms with Crippen molar-refractivity contribution in [2.75, 3.05) is 30.9 Å². The molecule has 4 aromatic rings. The molecule has 0 saturated carbocycles. The predicted molar refractivity (Wildman–Crippen MR) is 150 cm³/mol. The first-order chi connectivity index (χ1) is 20.2. The average molecular weight is 600 g/mol. The van der Waals surface area contributed by atoms with Crippen molar-refractivity contribution < 1.29 is 27.4 Å². The third-order valence-corrected chi connectivity index (χ3v) is 7.52. The second kappa shape index (κ2) is 10.7. The highest BCUT2D eigenvalue weighted by Gasteiger charge is 2.34. The maximum Gasteiger partial charge on any atom is 0.417 e. The number of halogens is 4. The maximum absolute atomic E-state index is 13.1. The van der Waals surface area contributed by atoms with Crippen LogP contribution >= 0.6 is 11.6 Å². The molecule has 10 nitrogen and oxygen atoms in total. The largest absolute Gasteiger partial charge is 0.453 e. The topological polar surface area (TPSA) is 120 Å². The number of nitrogen functional groups attached to an aromatic ring is 1. The van der Waals surface area contributed by atoms with Gasteiger partial charge in [-0.2, -0.15) is 18.3 Å². The van der Waals surface area contributed by atoms with Crippen LogP contribution in [0.1, 0.15) is 41.7 Å². The van der Waals surface area contributed by atoms with Gasteiger partial charge in [0.2, 0.25) is 6.79 Å². The van der Waals surface area contributed by atoms with E-state index in [2.05, 4.69) is 26.4 Å². The van der Waals surface area contributed by atoms with Crippen molar-refractivity contribution in [3.05, 3.63) is 65.1 Å². The van der Waals surface area contributed by atoms with Gasteiger partial charge < -0.3 is 25.4 Å². The van der Waals surface area contributed by atoms with E-state index in [0.717, 1.165) is 44.1 Å². The van der Waals surface area contributed by atoms with Crippen LogP contribution in [0.4, 0.5) is 24.7 Å². The summed E-state index contributed by atoms with van der Waals surface area (Å²) in [5.74, 6) is 0.152. The van der Waals surface area contributed by atoms with Gasteiger partial charge in [-0.05, 0) is 56.3 Å². The molecule has 1 amide bonds. The molecule has 3 N–H and O–H groups in total. The lowest BCUT2D eigenvalue weighted by atomic mass is 10.1. The fourth-order valence-corrected chi connectivity index (χ4v) is 5.62. The van der Waals surface area contributed by atoms with Gasteiger partial charge in [-0.3, -0.25) is 4.79 Å². The highest BCUT2D eigenvalue weighted by atomic mass is 35.5. The average Bonchev–Trinajstić information content (AvgIpc) is 3.60. The van der Waals surface area contributed by atoms with E-state index in [4.69, 9.17) is 31.9 Å². The van der Waals surface area contributed by atoms with Gasteiger partial charge in [-0.25, -0.2) is 14.6 Å². The number of ether oxygens (including phenoxy) is 2. The summed E-state index contributed by atoms with van der Waals surface area (Å²) in [5.41, 5.74) is 7.16. The number of anilines is 2. The van der Waals surface area contributed by atoms with Crippen LogP contribution in [0.3, 0.4) is 0 Å². The normalized spacial score (nSPS) is 16.9. The van der Waals surface area contributed by atoms with Gasteiger partial charge in [0.15, 0.2) is 17.1 Å². The van der Waals surface area contributed by atoms with E-state index in [0.29, 0.717) is 28.0 Å². The number of aromatic nitrogens is 4. The number of carbonyl (C=O) groups is 1. The molecule has 0 spiro atoms. The third kappa shape index (κ3) is 4.93. The lowest BCUT2D eigenvalue weighted by molar-refractivity contribution is -0.137. The second-order valence-electron chi connectivity index (χ2n) is 9.90. The van der Waals surface area contributed by atoms with E-state index >= 15 is 0 Å². The van der Waals surface area contributed by atoms with Gasteiger partial charge in [-0.15, -0.1) is 0 Å². The number of carbonyl (C=O) groups excluding carboxylic acids is 1. The fourth-order valence-electron chi connectivity index (χ4n) is 5.33. The molecule has 0 radical (unpaired) electrons. The van der Waals surface area contributed by atoms with Crippen molar-refractivity contribution >= 4 is 40.0 Å². The minimum absolute atomic E-state index is 0.0415. The molecule has 0 unspecified atom stereocenters. The van der Waals surface area contributed by atoms with Crippen LogP contribution in [0.5, 0.6) is 11.5 Å². The molecule has 1 fully saturated rings. The van der Waals surface area contributed by atoms with E-state index in [1.165, 1.54) is 6.33 Å². The van der Waals surface area contributed by atoms with Crippen LogP contribution in [-0.2, 0) is 6.18 Å². The molecule has 2 aromatic carbocycles. The highest BCUT2D eigenvalue weighted by Crippen LogP contribution is 2.48. The van der Waals surface area contributed by atoms with E-state index < -0.39 is 22.7 Å². The number of fused-ring (bicyclic) bond motifs is 2. The van der Waals surface area contributed by atoms with Crippen molar-refractivity contribution in [3.8, 4) is 22.8 Å². The van der Waals surface area contributed by atoms with E-state index in [1.807, 2.05) is 17.7 Å². The first-order valence-corrected chi connectivity index (χ1v) is 13.5. The van der Waals surface area contributed by atoms with Gasteiger partial charge in [0.1, 0.15) is 17.8 Å². The molecule has 2 aliphatic heterocycles. The number of alkyl halides is 3. The Morgan fingerprint density at radius 1 is 1.19 bits per heavy atom. The third-order valence-electron chi connectivity index (χ3n) is 7.21. The SMILES string of the molecule is CC=CN1CCC[C@@H](n2nc(-c3ccc(NC(=O)c4ccc(C(F)(F)F)c(Cl)c4)c4c3OCO4)c3c(N)ncnc32)C1.